The van der Waals surface area contributed by atoms with Crippen LogP contribution < -0.4 is 0 Å². The van der Waals surface area contributed by atoms with Crippen LogP contribution >= 0.6 is 11.6 Å². The van der Waals surface area contributed by atoms with E-state index in [4.69, 9.17) is 16.3 Å². The van der Waals surface area contributed by atoms with Gasteiger partial charge in [0.25, 0.3) is 6.43 Å². The number of aryl methyl sites for hydroxylation is 2. The Bertz CT molecular complexity index is 385. The molecule has 1 aromatic heterocycles. The molecular formula is C11H17ClF2N2O2. The molecule has 104 valence electrons. The van der Waals surface area contributed by atoms with Crippen molar-refractivity contribution in [2.75, 3.05) is 13.2 Å². The topological polar surface area (TPSA) is 47.3 Å². The van der Waals surface area contributed by atoms with Gasteiger partial charge in [-0.05, 0) is 13.3 Å². The number of ether oxygens (including phenoxy) is 1. The third kappa shape index (κ3) is 4.51. The van der Waals surface area contributed by atoms with E-state index in [-0.39, 0.29) is 13.0 Å². The summed E-state index contributed by atoms with van der Waals surface area (Å²) in [6.07, 6.45) is -2.52. The van der Waals surface area contributed by atoms with E-state index >= 15 is 0 Å². The molecule has 18 heavy (non-hydrogen) atoms. The second-order valence-corrected chi connectivity index (χ2v) is 4.45. The van der Waals surface area contributed by atoms with Gasteiger partial charge in [0.15, 0.2) is 0 Å². The molecule has 1 atom stereocenters. The van der Waals surface area contributed by atoms with Crippen LogP contribution in [0.25, 0.3) is 0 Å². The highest BCUT2D eigenvalue weighted by atomic mass is 35.5. The van der Waals surface area contributed by atoms with E-state index in [1.807, 2.05) is 0 Å². The van der Waals surface area contributed by atoms with Crippen LogP contribution in [-0.4, -0.2) is 40.6 Å². The second kappa shape index (κ2) is 7.01. The predicted molar refractivity (Wildman–Crippen MR) is 64.1 cm³/mol. The smallest absolute Gasteiger partial charge is 0.261 e. The first-order valence-electron chi connectivity index (χ1n) is 5.63. The molecule has 0 aromatic carbocycles. The average molecular weight is 283 g/mol. The van der Waals surface area contributed by atoms with Crippen LogP contribution in [0.3, 0.4) is 0 Å². The molecule has 0 aliphatic rings. The van der Waals surface area contributed by atoms with Crippen LogP contribution in [0.2, 0.25) is 5.15 Å². The zero-order valence-electron chi connectivity index (χ0n) is 10.4. The van der Waals surface area contributed by atoms with Crippen LogP contribution in [-0.2, 0) is 18.2 Å². The Kier molecular flexibility index (Phi) is 5.98. The van der Waals surface area contributed by atoms with Gasteiger partial charge in [0.05, 0.1) is 11.8 Å². The van der Waals surface area contributed by atoms with Crippen molar-refractivity contribution >= 4 is 11.6 Å². The largest absolute Gasteiger partial charge is 0.393 e. The lowest BCUT2D eigenvalue weighted by molar-refractivity contribution is 0.00511. The van der Waals surface area contributed by atoms with Gasteiger partial charge >= 0.3 is 0 Å². The minimum atomic E-state index is -2.47. The first-order chi connectivity index (χ1) is 8.41. The van der Waals surface area contributed by atoms with E-state index in [0.29, 0.717) is 11.6 Å². The van der Waals surface area contributed by atoms with E-state index in [2.05, 4.69) is 5.10 Å². The molecule has 0 amide bonds. The molecule has 0 bridgehead atoms. The Balaban J connectivity index is 2.38. The van der Waals surface area contributed by atoms with Crippen molar-refractivity contribution < 1.29 is 18.6 Å². The number of hydrogen-bond donors (Lipinski definition) is 1. The molecule has 1 heterocycles. The Hall–Kier alpha value is -0.720. The lowest BCUT2D eigenvalue weighted by Crippen LogP contribution is -2.15. The van der Waals surface area contributed by atoms with Gasteiger partial charge in [0.2, 0.25) is 0 Å². The highest BCUT2D eigenvalue weighted by Gasteiger charge is 2.15. The van der Waals surface area contributed by atoms with E-state index in [9.17, 15) is 13.9 Å². The van der Waals surface area contributed by atoms with Gasteiger partial charge in [0.1, 0.15) is 11.8 Å². The van der Waals surface area contributed by atoms with Crippen LogP contribution in [0, 0.1) is 6.92 Å². The van der Waals surface area contributed by atoms with Crippen LogP contribution in [0.5, 0.6) is 0 Å². The molecule has 1 rings (SSSR count). The maximum absolute atomic E-state index is 11.8. The molecule has 0 fully saturated rings. The summed E-state index contributed by atoms with van der Waals surface area (Å²) in [6, 6.07) is 0. The minimum Gasteiger partial charge on any atom is -0.393 e. The van der Waals surface area contributed by atoms with E-state index in [1.165, 1.54) is 4.68 Å². The molecule has 0 spiro atoms. The fraction of sp³-hybridized carbons (Fsp3) is 0.727. The predicted octanol–water partition coefficient (Wildman–Crippen LogP) is 1.96. The van der Waals surface area contributed by atoms with Gasteiger partial charge in [-0.1, -0.05) is 11.6 Å². The Morgan fingerprint density at radius 2 is 2.17 bits per heavy atom. The molecular weight excluding hydrogens is 266 g/mol. The molecule has 1 aromatic rings. The standard InChI is InChI=1S/C11H17ClF2N2O2/c1-7-9(11(12)16(2)15-7)5-8(17)3-4-18-6-10(13)14/h8,10,17H,3-6H2,1-2H3. The molecule has 0 aliphatic heterocycles. The monoisotopic (exact) mass is 282 g/mol. The van der Waals surface area contributed by atoms with Gasteiger partial charge in [0, 0.05) is 25.6 Å². The third-order valence-corrected chi connectivity index (χ3v) is 3.02. The lowest BCUT2D eigenvalue weighted by Gasteiger charge is -2.10. The van der Waals surface area contributed by atoms with Crippen LogP contribution in [0.1, 0.15) is 17.7 Å². The molecule has 4 nitrogen and oxygen atoms in total. The number of alkyl halides is 2. The number of halogens is 3. The molecule has 0 saturated carbocycles. The summed E-state index contributed by atoms with van der Waals surface area (Å²) in [5, 5.41) is 14.4. The van der Waals surface area contributed by atoms with Gasteiger partial charge in [-0.3, -0.25) is 4.68 Å². The van der Waals surface area contributed by atoms with Crippen molar-refractivity contribution in [2.24, 2.45) is 7.05 Å². The maximum Gasteiger partial charge on any atom is 0.261 e. The van der Waals surface area contributed by atoms with Crippen molar-refractivity contribution in [3.63, 3.8) is 0 Å². The highest BCUT2D eigenvalue weighted by molar-refractivity contribution is 6.30. The van der Waals surface area contributed by atoms with Crippen molar-refractivity contribution in [1.29, 1.82) is 0 Å². The molecule has 0 aliphatic carbocycles. The minimum absolute atomic E-state index is 0.0996. The van der Waals surface area contributed by atoms with E-state index < -0.39 is 19.1 Å². The van der Waals surface area contributed by atoms with Crippen molar-refractivity contribution in [3.8, 4) is 0 Å². The molecule has 0 saturated heterocycles. The molecule has 0 radical (unpaired) electrons. The number of hydrogen-bond acceptors (Lipinski definition) is 3. The first-order valence-corrected chi connectivity index (χ1v) is 6.01. The molecule has 1 N–H and O–H groups in total. The molecule has 1 unspecified atom stereocenters. The summed E-state index contributed by atoms with van der Waals surface area (Å²) in [4.78, 5) is 0. The summed E-state index contributed by atoms with van der Waals surface area (Å²) in [5.41, 5.74) is 1.54. The zero-order chi connectivity index (χ0) is 13.7. The van der Waals surface area contributed by atoms with Crippen molar-refractivity contribution in [1.82, 2.24) is 9.78 Å². The Morgan fingerprint density at radius 1 is 1.50 bits per heavy atom. The second-order valence-electron chi connectivity index (χ2n) is 4.09. The van der Waals surface area contributed by atoms with Gasteiger partial charge in [-0.25, -0.2) is 8.78 Å². The first kappa shape index (κ1) is 15.3. The van der Waals surface area contributed by atoms with Crippen molar-refractivity contribution in [3.05, 3.63) is 16.4 Å². The number of aromatic nitrogens is 2. The maximum atomic E-state index is 11.8. The van der Waals surface area contributed by atoms with Crippen LogP contribution in [0.15, 0.2) is 0 Å². The Labute approximate surface area is 110 Å². The average Bonchev–Trinajstić information content (AvgIpc) is 2.51. The Morgan fingerprint density at radius 3 is 2.67 bits per heavy atom. The fourth-order valence-electron chi connectivity index (χ4n) is 1.64. The molecule has 7 heteroatoms. The number of aliphatic hydroxyl groups excluding tert-OH is 1. The fourth-order valence-corrected chi connectivity index (χ4v) is 1.89. The van der Waals surface area contributed by atoms with E-state index in [0.717, 1.165) is 11.3 Å². The van der Waals surface area contributed by atoms with Crippen molar-refractivity contribution in [2.45, 2.75) is 32.3 Å². The number of aliphatic hydroxyl groups is 1. The lowest BCUT2D eigenvalue weighted by atomic mass is 10.1. The summed E-state index contributed by atoms with van der Waals surface area (Å²) in [6.45, 7) is 1.31. The van der Waals surface area contributed by atoms with E-state index in [1.54, 1.807) is 14.0 Å². The third-order valence-electron chi connectivity index (χ3n) is 2.55. The summed E-state index contributed by atoms with van der Waals surface area (Å²) in [5.74, 6) is 0. The summed E-state index contributed by atoms with van der Waals surface area (Å²) >= 11 is 6.02. The summed E-state index contributed by atoms with van der Waals surface area (Å²) in [7, 11) is 1.72. The SMILES string of the molecule is Cc1nn(C)c(Cl)c1CC(O)CCOCC(F)F. The quantitative estimate of drug-likeness (QED) is 0.778. The van der Waals surface area contributed by atoms with Gasteiger partial charge < -0.3 is 9.84 Å². The van der Waals surface area contributed by atoms with Crippen LogP contribution in [0.4, 0.5) is 8.78 Å². The number of rotatable bonds is 7. The summed E-state index contributed by atoms with van der Waals surface area (Å²) < 4.78 is 29.8. The van der Waals surface area contributed by atoms with Gasteiger partial charge in [-0.2, -0.15) is 5.10 Å². The van der Waals surface area contributed by atoms with Gasteiger partial charge in [-0.15, -0.1) is 0 Å². The number of nitrogens with zero attached hydrogens (tertiary/aromatic N) is 2. The zero-order valence-corrected chi connectivity index (χ0v) is 11.1. The highest BCUT2D eigenvalue weighted by Crippen LogP contribution is 2.20. The normalized spacial score (nSPS) is 13.3.